The van der Waals surface area contributed by atoms with Gasteiger partial charge in [-0.1, -0.05) is 30.3 Å². The number of dihydropyridines is 1. The number of carbonyl (C=O) groups is 2. The van der Waals surface area contributed by atoms with Crippen LogP contribution in [0.4, 0.5) is 5.69 Å². The monoisotopic (exact) mass is 420 g/mol. The molecule has 0 unspecified atom stereocenters. The Bertz CT molecular complexity index is 1040. The maximum absolute atomic E-state index is 12.5. The molecule has 1 heterocycles. The zero-order valence-electron chi connectivity index (χ0n) is 17.8. The van der Waals surface area contributed by atoms with Crippen molar-refractivity contribution in [3.05, 3.63) is 93.5 Å². The molecule has 0 atom stereocenters. The second kappa shape index (κ2) is 9.30. The lowest BCUT2D eigenvalue weighted by Gasteiger charge is -2.30. The maximum Gasteiger partial charge on any atom is 0.336 e. The first-order valence-corrected chi connectivity index (χ1v) is 9.68. The molecule has 7 nitrogen and oxygen atoms in total. The number of rotatable bonds is 5. The highest BCUT2D eigenvalue weighted by Gasteiger charge is 2.37. The van der Waals surface area contributed by atoms with E-state index >= 15 is 0 Å². The molecule has 1 aliphatic heterocycles. The Kier molecular flexibility index (Phi) is 6.55. The summed E-state index contributed by atoms with van der Waals surface area (Å²) in [6, 6.07) is 16.0. The van der Waals surface area contributed by atoms with Gasteiger partial charge in [0.1, 0.15) is 0 Å². The second-order valence-corrected chi connectivity index (χ2v) is 7.08. The Morgan fingerprint density at radius 3 is 1.90 bits per heavy atom. The molecule has 2 aromatic rings. The van der Waals surface area contributed by atoms with Crippen LogP contribution in [0.2, 0.25) is 0 Å². The van der Waals surface area contributed by atoms with Crippen molar-refractivity contribution in [1.82, 2.24) is 5.32 Å². The molecule has 3 rings (SSSR count). The first-order valence-electron chi connectivity index (χ1n) is 9.68. The summed E-state index contributed by atoms with van der Waals surface area (Å²) in [6.45, 7) is 3.50. The van der Waals surface area contributed by atoms with Crippen LogP contribution in [0.15, 0.2) is 77.1 Å². The zero-order valence-corrected chi connectivity index (χ0v) is 17.8. The minimum Gasteiger partial charge on any atom is -0.618 e. The second-order valence-electron chi connectivity index (χ2n) is 7.08. The number of carbonyl (C=O) groups excluding carboxylic acids is 2. The topological polar surface area (TPSA) is 90.7 Å². The Morgan fingerprint density at radius 2 is 1.42 bits per heavy atom. The van der Waals surface area contributed by atoms with E-state index in [9.17, 15) is 14.8 Å². The molecule has 0 radical (unpaired) electrons. The van der Waals surface area contributed by atoms with E-state index in [1.807, 2.05) is 30.3 Å². The molecular weight excluding hydrogens is 396 g/mol. The molecule has 31 heavy (non-hydrogen) atoms. The summed E-state index contributed by atoms with van der Waals surface area (Å²) in [7, 11) is 2.58. The van der Waals surface area contributed by atoms with Crippen molar-refractivity contribution in [2.75, 3.05) is 14.2 Å². The van der Waals surface area contributed by atoms with Crippen LogP contribution in [0.5, 0.6) is 0 Å². The lowest BCUT2D eigenvalue weighted by atomic mass is 9.80. The van der Waals surface area contributed by atoms with Crippen molar-refractivity contribution in [2.24, 2.45) is 0 Å². The summed E-state index contributed by atoms with van der Waals surface area (Å²) in [4.78, 5) is 25.1. The van der Waals surface area contributed by atoms with E-state index in [1.54, 1.807) is 38.1 Å². The van der Waals surface area contributed by atoms with Crippen LogP contribution in [0.3, 0.4) is 0 Å². The number of esters is 2. The van der Waals surface area contributed by atoms with Crippen LogP contribution in [-0.2, 0) is 19.1 Å². The van der Waals surface area contributed by atoms with Gasteiger partial charge in [0, 0.05) is 29.1 Å². The summed E-state index contributed by atoms with van der Waals surface area (Å²) in [5.74, 6) is -1.78. The van der Waals surface area contributed by atoms with E-state index in [0.717, 1.165) is 10.3 Å². The maximum atomic E-state index is 12.5. The van der Waals surface area contributed by atoms with Crippen LogP contribution in [-0.4, -0.2) is 37.1 Å². The van der Waals surface area contributed by atoms with Gasteiger partial charge in [-0.25, -0.2) is 9.59 Å². The normalized spacial score (nSPS) is 14.9. The van der Waals surface area contributed by atoms with E-state index in [-0.39, 0.29) is 0 Å². The molecule has 0 aliphatic carbocycles. The van der Waals surface area contributed by atoms with E-state index in [4.69, 9.17) is 9.47 Å². The molecule has 0 saturated carbocycles. The Morgan fingerprint density at radius 1 is 0.903 bits per heavy atom. The van der Waals surface area contributed by atoms with Gasteiger partial charge in [0.2, 0.25) is 5.69 Å². The molecule has 7 heteroatoms. The van der Waals surface area contributed by atoms with Gasteiger partial charge < -0.3 is 20.0 Å². The fourth-order valence-electron chi connectivity index (χ4n) is 3.65. The molecule has 160 valence electrons. The van der Waals surface area contributed by atoms with Gasteiger partial charge in [-0.05, 0) is 31.5 Å². The van der Waals surface area contributed by atoms with Crippen molar-refractivity contribution in [2.45, 2.75) is 19.8 Å². The van der Waals surface area contributed by atoms with E-state index < -0.39 is 17.9 Å². The lowest BCUT2D eigenvalue weighted by molar-refractivity contribution is -0.354. The number of methoxy groups -OCH3 is 2. The average molecular weight is 420 g/mol. The fraction of sp³-hybridized carbons (Fsp3) is 0.208. The smallest absolute Gasteiger partial charge is 0.336 e. The van der Waals surface area contributed by atoms with Crippen molar-refractivity contribution < 1.29 is 23.8 Å². The average Bonchev–Trinajstić information content (AvgIpc) is 2.78. The van der Waals surface area contributed by atoms with Crippen molar-refractivity contribution >= 4 is 23.8 Å². The summed E-state index contributed by atoms with van der Waals surface area (Å²) in [5.41, 5.74) is 3.67. The first-order chi connectivity index (χ1) is 14.9. The molecule has 0 amide bonds. The van der Waals surface area contributed by atoms with Crippen molar-refractivity contribution in [3.63, 3.8) is 0 Å². The third-order valence-corrected chi connectivity index (χ3v) is 5.12. The zero-order chi connectivity index (χ0) is 22.5. The highest BCUT2D eigenvalue weighted by molar-refractivity contribution is 5.99. The van der Waals surface area contributed by atoms with Crippen molar-refractivity contribution in [1.29, 1.82) is 0 Å². The van der Waals surface area contributed by atoms with Gasteiger partial charge in [0.15, 0.2) is 6.21 Å². The summed E-state index contributed by atoms with van der Waals surface area (Å²) in [5, 5.41) is 15.6. The molecule has 1 N–H and O–H groups in total. The molecule has 2 aromatic carbocycles. The van der Waals surface area contributed by atoms with Crippen LogP contribution >= 0.6 is 0 Å². The largest absolute Gasteiger partial charge is 0.618 e. The summed E-state index contributed by atoms with van der Waals surface area (Å²) in [6.07, 6.45) is 1.48. The molecule has 0 spiro atoms. The van der Waals surface area contributed by atoms with Crippen LogP contribution in [0, 0.1) is 5.21 Å². The van der Waals surface area contributed by atoms with Crippen LogP contribution < -0.4 is 5.32 Å². The molecule has 0 bridgehead atoms. The quantitative estimate of drug-likeness (QED) is 0.262. The predicted octanol–water partition coefficient (Wildman–Crippen LogP) is 3.53. The van der Waals surface area contributed by atoms with Crippen LogP contribution in [0.1, 0.15) is 30.9 Å². The summed E-state index contributed by atoms with van der Waals surface area (Å²) >= 11 is 0. The number of allylic oxidation sites excluding steroid dienone is 2. The minimum atomic E-state index is -0.687. The van der Waals surface area contributed by atoms with Gasteiger partial charge in [0.25, 0.3) is 0 Å². The number of hydrogen-bond donors (Lipinski definition) is 1. The van der Waals surface area contributed by atoms with E-state index in [0.29, 0.717) is 33.8 Å². The van der Waals surface area contributed by atoms with Gasteiger partial charge >= 0.3 is 11.9 Å². The number of ether oxygens (including phenoxy) is 2. The first kappa shape index (κ1) is 21.8. The van der Waals surface area contributed by atoms with Crippen LogP contribution in [0.25, 0.3) is 0 Å². The minimum absolute atomic E-state index is 0.316. The highest BCUT2D eigenvalue weighted by Crippen LogP contribution is 2.39. The Balaban J connectivity index is 2.04. The SMILES string of the molecule is COC(=O)C1=C(C)NC(C)=C(C(=O)OC)C1c1ccc([N+]([O-])=Cc2ccccc2)cc1. The van der Waals surface area contributed by atoms with Gasteiger partial charge in [-0.2, -0.15) is 4.74 Å². The Hall–Kier alpha value is -3.87. The fourth-order valence-corrected chi connectivity index (χ4v) is 3.65. The van der Waals surface area contributed by atoms with Gasteiger partial charge in [-0.3, -0.25) is 0 Å². The van der Waals surface area contributed by atoms with Crippen molar-refractivity contribution in [3.8, 4) is 0 Å². The third kappa shape index (κ3) is 4.50. The van der Waals surface area contributed by atoms with Gasteiger partial charge in [0.05, 0.1) is 31.3 Å². The molecule has 0 fully saturated rings. The number of hydrogen-bond acceptors (Lipinski definition) is 6. The van der Waals surface area contributed by atoms with E-state index in [1.165, 1.54) is 20.4 Å². The molecule has 0 saturated heterocycles. The number of nitrogens with zero attached hydrogens (tertiary/aromatic N) is 1. The predicted molar refractivity (Wildman–Crippen MR) is 117 cm³/mol. The molecule has 1 aliphatic rings. The lowest BCUT2D eigenvalue weighted by Crippen LogP contribution is -2.32. The molecule has 0 aromatic heterocycles. The third-order valence-electron chi connectivity index (χ3n) is 5.12. The Labute approximate surface area is 180 Å². The summed E-state index contributed by atoms with van der Waals surface area (Å²) < 4.78 is 10.7. The molecular formula is C24H24N2O5. The van der Waals surface area contributed by atoms with Gasteiger partial charge in [-0.15, -0.1) is 0 Å². The number of benzene rings is 2. The number of nitrogens with one attached hydrogen (secondary N) is 1. The standard InChI is InChI=1S/C24H24N2O5/c1-15-20(23(27)30-3)22(21(16(2)25-15)24(28)31-4)18-10-12-19(13-11-18)26(29)14-17-8-6-5-7-9-17/h5-14,22,25H,1-4H3. The van der Waals surface area contributed by atoms with E-state index in [2.05, 4.69) is 5.32 Å². The highest BCUT2D eigenvalue weighted by atomic mass is 16.5.